The van der Waals surface area contributed by atoms with Gasteiger partial charge in [-0.15, -0.1) is 4.99 Å². The molecular weight excluding hydrogens is 216 g/mol. The van der Waals surface area contributed by atoms with Crippen LogP contribution in [0.25, 0.3) is 0 Å². The van der Waals surface area contributed by atoms with Crippen LogP contribution in [0.15, 0.2) is 29.3 Å². The van der Waals surface area contributed by atoms with E-state index in [0.717, 1.165) is 11.3 Å². The minimum Gasteiger partial charge on any atom is -0.496 e. The minimum absolute atomic E-state index is 0.223. The fraction of sp³-hybridized carbons (Fsp3) is 0.333. The lowest BCUT2D eigenvalue weighted by Gasteiger charge is -2.21. The zero-order chi connectivity index (χ0) is 12.7. The first-order chi connectivity index (χ1) is 8.22. The van der Waals surface area contributed by atoms with Crippen LogP contribution in [0, 0.1) is 11.5 Å². The summed E-state index contributed by atoms with van der Waals surface area (Å²) >= 11 is 0. The van der Waals surface area contributed by atoms with E-state index in [1.807, 2.05) is 31.2 Å². The molecule has 0 unspecified atom stereocenters. The molecule has 0 aliphatic carbocycles. The predicted octanol–water partition coefficient (Wildman–Crippen LogP) is 1.31. The van der Waals surface area contributed by atoms with E-state index >= 15 is 0 Å². The van der Waals surface area contributed by atoms with E-state index in [4.69, 9.17) is 15.7 Å². The van der Waals surface area contributed by atoms with Crippen molar-refractivity contribution >= 4 is 5.96 Å². The molecule has 0 amide bonds. The van der Waals surface area contributed by atoms with Crippen LogP contribution in [0.4, 0.5) is 0 Å². The number of ether oxygens (including phenoxy) is 1. The Labute approximate surface area is 101 Å². The smallest absolute Gasteiger partial charge is 0.209 e. The monoisotopic (exact) mass is 232 g/mol. The van der Waals surface area contributed by atoms with Gasteiger partial charge in [-0.2, -0.15) is 5.26 Å². The molecule has 0 heterocycles. The number of para-hydroxylation sites is 1. The van der Waals surface area contributed by atoms with E-state index in [2.05, 4.69) is 4.99 Å². The first kappa shape index (κ1) is 12.8. The molecule has 0 saturated carbocycles. The molecule has 0 radical (unpaired) electrons. The Morgan fingerprint density at radius 3 is 2.82 bits per heavy atom. The third kappa shape index (κ3) is 3.38. The van der Waals surface area contributed by atoms with Crippen LogP contribution in [-0.2, 0) is 6.54 Å². The van der Waals surface area contributed by atoms with Crippen molar-refractivity contribution in [3.63, 3.8) is 0 Å². The molecule has 0 atom stereocenters. The summed E-state index contributed by atoms with van der Waals surface area (Å²) in [6.07, 6.45) is 1.69. The number of aliphatic imine (C=N–C) groups is 1. The quantitative estimate of drug-likeness (QED) is 0.482. The Hall–Kier alpha value is -2.22. The summed E-state index contributed by atoms with van der Waals surface area (Å²) in [7, 11) is 1.63. The third-order valence-corrected chi connectivity index (χ3v) is 2.42. The molecule has 5 nitrogen and oxygen atoms in total. The van der Waals surface area contributed by atoms with Gasteiger partial charge in [-0.05, 0) is 13.0 Å². The molecule has 5 heteroatoms. The number of benzene rings is 1. The van der Waals surface area contributed by atoms with Crippen LogP contribution in [0.3, 0.4) is 0 Å². The number of hydrogen-bond donors (Lipinski definition) is 1. The highest BCUT2D eigenvalue weighted by Crippen LogP contribution is 2.18. The zero-order valence-electron chi connectivity index (χ0n) is 10.1. The maximum Gasteiger partial charge on any atom is 0.209 e. The first-order valence-electron chi connectivity index (χ1n) is 5.32. The average molecular weight is 232 g/mol. The van der Waals surface area contributed by atoms with Gasteiger partial charge in [0.1, 0.15) is 5.75 Å². The van der Waals surface area contributed by atoms with Gasteiger partial charge in [0.05, 0.1) is 7.11 Å². The molecule has 0 fully saturated rings. The molecular formula is C12H16N4O. The van der Waals surface area contributed by atoms with E-state index in [1.54, 1.807) is 18.2 Å². The largest absolute Gasteiger partial charge is 0.496 e. The molecule has 1 aromatic rings. The van der Waals surface area contributed by atoms with Crippen molar-refractivity contribution in [3.05, 3.63) is 29.8 Å². The van der Waals surface area contributed by atoms with Gasteiger partial charge < -0.3 is 15.4 Å². The van der Waals surface area contributed by atoms with Crippen molar-refractivity contribution in [2.75, 3.05) is 13.7 Å². The van der Waals surface area contributed by atoms with Crippen LogP contribution >= 0.6 is 0 Å². The first-order valence-corrected chi connectivity index (χ1v) is 5.32. The van der Waals surface area contributed by atoms with Gasteiger partial charge in [0.25, 0.3) is 0 Å². The maximum absolute atomic E-state index is 8.48. The molecule has 1 aromatic carbocycles. The van der Waals surface area contributed by atoms with Crippen molar-refractivity contribution in [2.45, 2.75) is 13.5 Å². The number of guanidine groups is 1. The maximum atomic E-state index is 8.48. The van der Waals surface area contributed by atoms with E-state index in [-0.39, 0.29) is 5.96 Å². The van der Waals surface area contributed by atoms with E-state index in [1.165, 1.54) is 0 Å². The Balaban J connectivity index is 2.88. The van der Waals surface area contributed by atoms with Crippen molar-refractivity contribution in [1.29, 1.82) is 5.26 Å². The Morgan fingerprint density at radius 2 is 2.24 bits per heavy atom. The molecule has 0 saturated heterocycles. The van der Waals surface area contributed by atoms with Crippen molar-refractivity contribution < 1.29 is 4.74 Å². The van der Waals surface area contributed by atoms with Crippen molar-refractivity contribution in [2.24, 2.45) is 10.7 Å². The molecule has 0 bridgehead atoms. The Kier molecular flexibility index (Phi) is 4.82. The topological polar surface area (TPSA) is 74.6 Å². The number of hydrogen-bond acceptors (Lipinski definition) is 3. The zero-order valence-corrected chi connectivity index (χ0v) is 10.1. The molecule has 17 heavy (non-hydrogen) atoms. The number of nitrogens with two attached hydrogens (primary N) is 1. The lowest BCUT2D eigenvalue weighted by molar-refractivity contribution is 0.385. The standard InChI is InChI=1S/C12H16N4O/c1-3-16(12(14)15-9-13)8-10-6-4-5-7-11(10)17-2/h4-7H,3,8H2,1-2H3,(H2,14,15). The van der Waals surface area contributed by atoms with E-state index in [0.29, 0.717) is 13.1 Å². The van der Waals surface area contributed by atoms with Crippen LogP contribution in [0.1, 0.15) is 12.5 Å². The number of rotatable bonds is 4. The molecule has 2 N–H and O–H groups in total. The summed E-state index contributed by atoms with van der Waals surface area (Å²) in [5.74, 6) is 1.02. The van der Waals surface area contributed by atoms with Gasteiger partial charge >= 0.3 is 0 Å². The van der Waals surface area contributed by atoms with Crippen LogP contribution < -0.4 is 10.5 Å². The molecule has 0 aliphatic rings. The van der Waals surface area contributed by atoms with Crippen LogP contribution in [0.5, 0.6) is 5.75 Å². The van der Waals surface area contributed by atoms with Gasteiger partial charge in [-0.25, -0.2) is 0 Å². The number of nitriles is 1. The van der Waals surface area contributed by atoms with Crippen molar-refractivity contribution in [1.82, 2.24) is 4.90 Å². The second-order valence-corrected chi connectivity index (χ2v) is 3.40. The van der Waals surface area contributed by atoms with Crippen LogP contribution in [-0.4, -0.2) is 24.5 Å². The van der Waals surface area contributed by atoms with Gasteiger partial charge in [-0.3, -0.25) is 0 Å². The van der Waals surface area contributed by atoms with Crippen molar-refractivity contribution in [3.8, 4) is 11.9 Å². The normalized spacial score (nSPS) is 10.8. The average Bonchev–Trinajstić information content (AvgIpc) is 2.36. The predicted molar refractivity (Wildman–Crippen MR) is 66.3 cm³/mol. The summed E-state index contributed by atoms with van der Waals surface area (Å²) in [4.78, 5) is 5.34. The highest BCUT2D eigenvalue weighted by Gasteiger charge is 2.09. The lowest BCUT2D eigenvalue weighted by Crippen LogP contribution is -2.36. The molecule has 0 aromatic heterocycles. The summed E-state index contributed by atoms with van der Waals surface area (Å²) in [5, 5.41) is 8.48. The Bertz CT molecular complexity index is 436. The van der Waals surface area contributed by atoms with Gasteiger partial charge in [0.15, 0.2) is 0 Å². The van der Waals surface area contributed by atoms with Gasteiger partial charge in [0, 0.05) is 18.7 Å². The fourth-order valence-corrected chi connectivity index (χ4v) is 1.52. The SMILES string of the molecule is CCN(Cc1ccccc1OC)C(N)=NC#N. The van der Waals surface area contributed by atoms with E-state index in [9.17, 15) is 0 Å². The highest BCUT2D eigenvalue weighted by atomic mass is 16.5. The second-order valence-electron chi connectivity index (χ2n) is 3.40. The number of methoxy groups -OCH3 is 1. The molecule has 0 aliphatic heterocycles. The molecule has 0 spiro atoms. The molecule has 1 rings (SSSR count). The van der Waals surface area contributed by atoms with Gasteiger partial charge in [-0.1, -0.05) is 18.2 Å². The van der Waals surface area contributed by atoms with Gasteiger partial charge in [0.2, 0.25) is 12.2 Å². The summed E-state index contributed by atoms with van der Waals surface area (Å²) < 4.78 is 5.26. The summed E-state index contributed by atoms with van der Waals surface area (Å²) in [5.41, 5.74) is 6.70. The summed E-state index contributed by atoms with van der Waals surface area (Å²) in [6.45, 7) is 3.20. The van der Waals surface area contributed by atoms with E-state index < -0.39 is 0 Å². The minimum atomic E-state index is 0.223. The highest BCUT2D eigenvalue weighted by molar-refractivity contribution is 5.78. The summed E-state index contributed by atoms with van der Waals surface area (Å²) in [6, 6.07) is 7.69. The Morgan fingerprint density at radius 1 is 1.53 bits per heavy atom. The van der Waals surface area contributed by atoms with Crippen LogP contribution in [0.2, 0.25) is 0 Å². The molecule has 90 valence electrons. The third-order valence-electron chi connectivity index (χ3n) is 2.42. The number of nitrogens with zero attached hydrogens (tertiary/aromatic N) is 3. The fourth-order valence-electron chi connectivity index (χ4n) is 1.52. The lowest BCUT2D eigenvalue weighted by atomic mass is 10.2. The second kappa shape index (κ2) is 6.38.